The van der Waals surface area contributed by atoms with Crippen molar-refractivity contribution in [2.75, 3.05) is 0 Å². The van der Waals surface area contributed by atoms with E-state index in [-0.39, 0.29) is 17.4 Å². The van der Waals surface area contributed by atoms with Crippen LogP contribution >= 0.6 is 0 Å². The zero-order valence-electron chi connectivity index (χ0n) is 52.2. The number of hydrogen-bond acceptors (Lipinski definition) is 9. The summed E-state index contributed by atoms with van der Waals surface area (Å²) in [6, 6.07) is 26.7. The minimum absolute atomic E-state index is 0. The molecule has 3 aromatic carbocycles. The number of hydrogen-bond donors (Lipinski definition) is 0. The number of rotatable bonds is 51. The van der Waals surface area contributed by atoms with Crippen LogP contribution in [0.25, 0.3) is 0 Å². The molecule has 0 fully saturated rings. The molecular formula is C69H117AlO9S3. The fourth-order valence-electron chi connectivity index (χ4n) is 11.0. The van der Waals surface area contributed by atoms with Crippen molar-refractivity contribution in [2.24, 2.45) is 0 Å². The van der Waals surface area contributed by atoms with Gasteiger partial charge in [-0.1, -0.05) is 381 Å². The smallest absolute Gasteiger partial charge is 0.747 e. The Morgan fingerprint density at radius 3 is 0.512 bits per heavy atom. The van der Waals surface area contributed by atoms with E-state index in [2.05, 4.69) is 20.8 Å². The van der Waals surface area contributed by atoms with Crippen molar-refractivity contribution in [3.8, 4) is 0 Å². The largest absolute Gasteiger partial charge is 3.00 e. The van der Waals surface area contributed by atoms with E-state index >= 15 is 0 Å². The molecule has 0 radical (unpaired) electrons. The van der Waals surface area contributed by atoms with Crippen molar-refractivity contribution in [3.05, 3.63) is 108 Å². The second-order valence-electron chi connectivity index (χ2n) is 23.3. The van der Waals surface area contributed by atoms with E-state index < -0.39 is 46.1 Å². The van der Waals surface area contributed by atoms with E-state index in [0.717, 1.165) is 57.8 Å². The Kier molecular flexibility index (Phi) is 52.9. The fourth-order valence-corrected chi connectivity index (χ4v) is 13.8. The predicted octanol–water partition coefficient (Wildman–Crippen LogP) is 21.1. The van der Waals surface area contributed by atoms with E-state index in [0.29, 0.717) is 36.0 Å². The van der Waals surface area contributed by atoms with Crippen LogP contribution in [0.15, 0.2) is 91.0 Å². The molecule has 0 aliphatic rings. The number of benzene rings is 3. The van der Waals surface area contributed by atoms with Gasteiger partial charge in [-0.2, -0.15) is 0 Å². The van der Waals surface area contributed by atoms with Gasteiger partial charge >= 0.3 is 17.4 Å². The van der Waals surface area contributed by atoms with E-state index in [1.54, 1.807) is 72.8 Å². The number of unbranched alkanes of at least 4 members (excludes halogenated alkanes) is 39. The van der Waals surface area contributed by atoms with Crippen molar-refractivity contribution in [1.29, 1.82) is 0 Å². The molecule has 0 N–H and O–H groups in total. The van der Waals surface area contributed by atoms with Gasteiger partial charge in [0.15, 0.2) is 0 Å². The van der Waals surface area contributed by atoms with Gasteiger partial charge in [-0.05, 0) is 36.0 Å². The van der Waals surface area contributed by atoms with E-state index in [9.17, 15) is 38.9 Å². The summed E-state index contributed by atoms with van der Waals surface area (Å²) in [7, 11) is -12.9. The molecule has 0 spiro atoms. The Labute approximate surface area is 516 Å². The zero-order chi connectivity index (χ0) is 59.4. The standard InChI is InChI=1S/3C23H40O3S.Al/c3*1-2-3-4-5-6-7-8-9-10-11-12-13-14-18-21-23(27(24,25)26)22-19-16-15-17-20-22;/h3*15-17,19-20,23H,2-14,18,21H2,1H3,(H,24,25,26);/q;;;+3/p-3. The molecular weight excluding hydrogens is 1100 g/mol. The second-order valence-corrected chi connectivity index (χ2v) is 28.0. The molecule has 3 atom stereocenters. The molecule has 0 aliphatic heterocycles. The summed E-state index contributed by atoms with van der Waals surface area (Å²) in [5.74, 6) is 0. The SMILES string of the molecule is CCCCCCCCCCCCCCCCC(c1ccccc1)S(=O)(=O)[O-].CCCCCCCCCCCCCCCCC(c1ccccc1)S(=O)(=O)[O-].CCCCCCCCCCCCCCCCC(c1ccccc1)S(=O)(=O)[O-].[Al+3]. The van der Waals surface area contributed by atoms with Gasteiger partial charge in [-0.15, -0.1) is 0 Å². The van der Waals surface area contributed by atoms with Crippen LogP contribution < -0.4 is 0 Å². The maximum Gasteiger partial charge on any atom is 3.00 e. The first-order valence-corrected chi connectivity index (χ1v) is 37.6. The molecule has 0 heterocycles. The molecule has 13 heteroatoms. The van der Waals surface area contributed by atoms with Gasteiger partial charge < -0.3 is 13.7 Å². The summed E-state index contributed by atoms with van der Waals surface area (Å²) < 4.78 is 104. The quantitative estimate of drug-likeness (QED) is 0.0303. The maximum atomic E-state index is 11.5. The fraction of sp³-hybridized carbons (Fsp3) is 0.739. The molecule has 0 amide bonds. The first-order valence-electron chi connectivity index (χ1n) is 33.2. The third-order valence-electron chi connectivity index (χ3n) is 16.0. The Balaban J connectivity index is 0.00000119. The Morgan fingerprint density at radius 1 is 0.244 bits per heavy atom. The minimum Gasteiger partial charge on any atom is -0.747 e. The summed E-state index contributed by atoms with van der Waals surface area (Å²) in [4.78, 5) is 0. The molecule has 0 aromatic heterocycles. The van der Waals surface area contributed by atoms with Crippen LogP contribution in [-0.4, -0.2) is 56.3 Å². The van der Waals surface area contributed by atoms with Crippen molar-refractivity contribution in [2.45, 2.75) is 325 Å². The van der Waals surface area contributed by atoms with Crippen LogP contribution in [0.1, 0.15) is 342 Å². The van der Waals surface area contributed by atoms with Crippen molar-refractivity contribution < 1.29 is 38.9 Å². The molecule has 9 nitrogen and oxygen atoms in total. The molecule has 0 saturated heterocycles. The molecule has 468 valence electrons. The summed E-state index contributed by atoms with van der Waals surface area (Å²) in [5.41, 5.74) is 1.88. The van der Waals surface area contributed by atoms with Crippen molar-refractivity contribution in [3.63, 3.8) is 0 Å². The van der Waals surface area contributed by atoms with Crippen molar-refractivity contribution in [1.82, 2.24) is 0 Å². The van der Waals surface area contributed by atoms with Crippen molar-refractivity contribution >= 4 is 47.7 Å². The van der Waals surface area contributed by atoms with Gasteiger partial charge in [-0.25, -0.2) is 25.3 Å². The van der Waals surface area contributed by atoms with Gasteiger partial charge in [0.05, 0.1) is 15.7 Å². The van der Waals surface area contributed by atoms with Gasteiger partial charge in [0.25, 0.3) is 0 Å². The monoisotopic (exact) mass is 1210 g/mol. The van der Waals surface area contributed by atoms with Crippen LogP contribution in [0.5, 0.6) is 0 Å². The Hall–Kier alpha value is -2.08. The van der Waals surface area contributed by atoms with Gasteiger partial charge in [0.1, 0.15) is 30.4 Å². The normalized spacial score (nSPS) is 12.8. The predicted molar refractivity (Wildman–Crippen MR) is 347 cm³/mol. The Bertz CT molecular complexity index is 1920. The first kappa shape index (κ1) is 79.9. The van der Waals surface area contributed by atoms with Crippen LogP contribution in [0.3, 0.4) is 0 Å². The molecule has 3 rings (SSSR count). The molecule has 82 heavy (non-hydrogen) atoms. The molecule has 0 aliphatic carbocycles. The maximum absolute atomic E-state index is 11.5. The van der Waals surface area contributed by atoms with Gasteiger partial charge in [-0.3, -0.25) is 0 Å². The summed E-state index contributed by atoms with van der Waals surface area (Å²) in [5, 5.41) is -2.68. The summed E-state index contributed by atoms with van der Waals surface area (Å²) in [6.07, 6.45) is 54.6. The van der Waals surface area contributed by atoms with Gasteiger partial charge in [0, 0.05) is 0 Å². The molecule has 0 saturated carbocycles. The van der Waals surface area contributed by atoms with Crippen LogP contribution in [-0.2, 0) is 30.4 Å². The summed E-state index contributed by atoms with van der Waals surface area (Å²) in [6.45, 7) is 6.77. The average Bonchev–Trinajstić information content (AvgIpc) is 3.54. The van der Waals surface area contributed by atoms with E-state index in [4.69, 9.17) is 0 Å². The Morgan fingerprint density at radius 2 is 0.378 bits per heavy atom. The molecule has 3 unspecified atom stereocenters. The van der Waals surface area contributed by atoms with E-state index in [1.165, 1.54) is 212 Å². The minimum atomic E-state index is -4.29. The van der Waals surface area contributed by atoms with Crippen LogP contribution in [0.4, 0.5) is 0 Å². The molecule has 3 aromatic rings. The first-order chi connectivity index (χ1) is 39.2. The molecule has 0 bridgehead atoms. The van der Waals surface area contributed by atoms with E-state index in [1.807, 2.05) is 18.2 Å². The summed E-state index contributed by atoms with van der Waals surface area (Å²) >= 11 is 0. The van der Waals surface area contributed by atoms with Gasteiger partial charge in [0.2, 0.25) is 0 Å². The zero-order valence-corrected chi connectivity index (χ0v) is 55.8. The second kappa shape index (κ2) is 54.3. The average molecular weight is 1210 g/mol. The third-order valence-corrected chi connectivity index (χ3v) is 19.6. The van der Waals surface area contributed by atoms with Crippen LogP contribution in [0, 0.1) is 0 Å². The third kappa shape index (κ3) is 46.2. The van der Waals surface area contributed by atoms with Crippen LogP contribution in [0.2, 0.25) is 0 Å². The topological polar surface area (TPSA) is 172 Å².